The molecule has 2 atom stereocenters. The van der Waals surface area contributed by atoms with Gasteiger partial charge in [-0.05, 0) is 37.1 Å². The highest BCUT2D eigenvalue weighted by Gasteiger charge is 2.54. The lowest BCUT2D eigenvalue weighted by molar-refractivity contribution is -0.128. The zero-order valence-corrected chi connectivity index (χ0v) is 20.8. The number of rotatable bonds is 5. The fraction of sp³-hybridized carbons (Fsp3) is 0.444. The molecule has 9 heteroatoms. The molecule has 3 aliphatic rings. The highest BCUT2D eigenvalue weighted by molar-refractivity contribution is 6.33. The van der Waals surface area contributed by atoms with Crippen LogP contribution in [0.15, 0.2) is 54.6 Å². The number of carbonyl (C=O) groups excluding carboxylic acids is 3. The third-order valence-corrected chi connectivity index (χ3v) is 7.60. The number of carbonyl (C=O) groups is 3. The molecule has 8 nitrogen and oxygen atoms in total. The summed E-state index contributed by atoms with van der Waals surface area (Å²) in [6.45, 7) is 1.99. The molecule has 3 heterocycles. The molecule has 0 aliphatic carbocycles. The Hall–Kier alpha value is -2.94. The Balaban J connectivity index is 1.34. The minimum atomic E-state index is -0.962. The van der Waals surface area contributed by atoms with E-state index in [1.807, 2.05) is 6.07 Å². The Morgan fingerprint density at radius 2 is 1.72 bits per heavy atom. The van der Waals surface area contributed by atoms with Crippen LogP contribution in [0.5, 0.6) is 0 Å². The lowest BCUT2D eigenvalue weighted by Gasteiger charge is -2.44. The van der Waals surface area contributed by atoms with Gasteiger partial charge in [0.1, 0.15) is 11.8 Å². The summed E-state index contributed by atoms with van der Waals surface area (Å²) in [5.41, 5.74) is -0.0179. The molecule has 1 spiro atoms. The van der Waals surface area contributed by atoms with Crippen molar-refractivity contribution < 1.29 is 23.9 Å². The second-order valence-corrected chi connectivity index (χ2v) is 9.87. The van der Waals surface area contributed by atoms with Gasteiger partial charge < -0.3 is 19.7 Å². The summed E-state index contributed by atoms with van der Waals surface area (Å²) in [6, 6.07) is 15.1. The first-order valence-electron chi connectivity index (χ1n) is 12.4. The number of hydrogen-bond donors (Lipinski definition) is 1. The zero-order chi connectivity index (χ0) is 25.1. The maximum absolute atomic E-state index is 13.7. The molecule has 0 aromatic heterocycles. The number of ether oxygens (including phenoxy) is 2. The molecule has 2 aromatic rings. The number of hydrogen-bond acceptors (Lipinski definition) is 5. The van der Waals surface area contributed by atoms with Crippen LogP contribution in [-0.2, 0) is 14.3 Å². The number of nitrogens with one attached hydrogen (secondary N) is 1. The number of halogens is 1. The van der Waals surface area contributed by atoms with Crippen molar-refractivity contribution in [2.75, 3.05) is 32.8 Å². The van der Waals surface area contributed by atoms with Gasteiger partial charge in [0.15, 0.2) is 0 Å². The molecule has 3 aliphatic heterocycles. The minimum absolute atomic E-state index is 0.00238. The molecule has 190 valence electrons. The SMILES string of the molecule is O=C(NCC1CCCO1)C1COC2(CCN(C(=O)c3ccccc3Cl)CC2)N1C(=O)c1ccccc1. The van der Waals surface area contributed by atoms with E-state index in [1.54, 1.807) is 58.3 Å². The van der Waals surface area contributed by atoms with Crippen molar-refractivity contribution in [1.29, 1.82) is 0 Å². The molecule has 0 radical (unpaired) electrons. The zero-order valence-electron chi connectivity index (χ0n) is 20.0. The van der Waals surface area contributed by atoms with E-state index in [1.165, 1.54) is 0 Å². The fourth-order valence-electron chi connectivity index (χ4n) is 5.29. The first-order valence-corrected chi connectivity index (χ1v) is 12.8. The number of amides is 3. The number of nitrogens with zero attached hydrogens (tertiary/aromatic N) is 2. The Bertz CT molecular complexity index is 1110. The van der Waals surface area contributed by atoms with Gasteiger partial charge in [0.25, 0.3) is 11.8 Å². The van der Waals surface area contributed by atoms with Gasteiger partial charge in [0.05, 0.1) is 23.3 Å². The van der Waals surface area contributed by atoms with Crippen molar-refractivity contribution >= 4 is 29.3 Å². The predicted octanol–water partition coefficient (Wildman–Crippen LogP) is 3.11. The molecule has 0 bridgehead atoms. The van der Waals surface area contributed by atoms with E-state index in [0.29, 0.717) is 55.2 Å². The average molecular weight is 512 g/mol. The number of likely N-dealkylation sites (tertiary alicyclic amines) is 1. The average Bonchev–Trinajstić information content (AvgIpc) is 3.56. The summed E-state index contributed by atoms with van der Waals surface area (Å²) >= 11 is 6.24. The summed E-state index contributed by atoms with van der Waals surface area (Å²) in [4.78, 5) is 43.4. The summed E-state index contributed by atoms with van der Waals surface area (Å²) in [7, 11) is 0. The highest BCUT2D eigenvalue weighted by atomic mass is 35.5. The monoisotopic (exact) mass is 511 g/mol. The van der Waals surface area contributed by atoms with Crippen molar-refractivity contribution in [3.63, 3.8) is 0 Å². The van der Waals surface area contributed by atoms with Crippen LogP contribution in [0.4, 0.5) is 0 Å². The van der Waals surface area contributed by atoms with Crippen LogP contribution in [0.25, 0.3) is 0 Å². The van der Waals surface area contributed by atoms with Gasteiger partial charge in [-0.25, -0.2) is 0 Å². The summed E-state index contributed by atoms with van der Waals surface area (Å²) in [5.74, 6) is -0.655. The Morgan fingerprint density at radius 1 is 1.00 bits per heavy atom. The Kier molecular flexibility index (Phi) is 7.27. The van der Waals surface area contributed by atoms with Crippen LogP contribution in [0, 0.1) is 0 Å². The first kappa shape index (κ1) is 24.7. The normalized spacial score (nSPS) is 23.1. The Morgan fingerprint density at radius 3 is 2.42 bits per heavy atom. The quantitative estimate of drug-likeness (QED) is 0.666. The van der Waals surface area contributed by atoms with E-state index in [2.05, 4.69) is 5.32 Å². The minimum Gasteiger partial charge on any atom is -0.376 e. The lowest BCUT2D eigenvalue weighted by Crippen LogP contribution is -2.60. The fourth-order valence-corrected chi connectivity index (χ4v) is 5.51. The van der Waals surface area contributed by atoms with Crippen LogP contribution < -0.4 is 5.32 Å². The standard InChI is InChI=1S/C27H30ClN3O5/c28-22-11-5-4-10-21(22)26(34)30-14-12-27(13-15-30)31(25(33)19-7-2-1-3-8-19)23(18-36-27)24(32)29-17-20-9-6-16-35-20/h1-5,7-8,10-11,20,23H,6,9,12-18H2,(H,29,32). The first-order chi connectivity index (χ1) is 17.5. The van der Waals surface area contributed by atoms with E-state index >= 15 is 0 Å². The van der Waals surface area contributed by atoms with Gasteiger partial charge in [-0.2, -0.15) is 0 Å². The van der Waals surface area contributed by atoms with Crippen molar-refractivity contribution in [2.45, 2.75) is 43.6 Å². The summed E-state index contributed by atoms with van der Waals surface area (Å²) in [6.07, 6.45) is 2.70. The van der Waals surface area contributed by atoms with Crippen LogP contribution in [0.3, 0.4) is 0 Å². The molecule has 5 rings (SSSR count). The van der Waals surface area contributed by atoms with Gasteiger partial charge in [0, 0.05) is 44.6 Å². The molecule has 1 N–H and O–H groups in total. The smallest absolute Gasteiger partial charge is 0.256 e. The van der Waals surface area contributed by atoms with Crippen LogP contribution in [0.1, 0.15) is 46.4 Å². The van der Waals surface area contributed by atoms with E-state index < -0.39 is 11.8 Å². The highest BCUT2D eigenvalue weighted by Crippen LogP contribution is 2.39. The topological polar surface area (TPSA) is 88.2 Å². The van der Waals surface area contributed by atoms with E-state index in [9.17, 15) is 14.4 Å². The summed E-state index contributed by atoms with van der Waals surface area (Å²) < 4.78 is 11.9. The third-order valence-electron chi connectivity index (χ3n) is 7.27. The van der Waals surface area contributed by atoms with Crippen molar-refractivity contribution in [3.8, 4) is 0 Å². The second-order valence-electron chi connectivity index (χ2n) is 9.47. The van der Waals surface area contributed by atoms with Crippen molar-refractivity contribution in [3.05, 3.63) is 70.7 Å². The maximum Gasteiger partial charge on any atom is 0.256 e. The molecule has 3 amide bonds. The van der Waals surface area contributed by atoms with Crippen molar-refractivity contribution in [2.24, 2.45) is 0 Å². The molecular weight excluding hydrogens is 482 g/mol. The lowest BCUT2D eigenvalue weighted by atomic mass is 9.96. The molecular formula is C27H30ClN3O5. The number of piperidine rings is 1. The third kappa shape index (κ3) is 4.85. The van der Waals surface area contributed by atoms with E-state index in [4.69, 9.17) is 21.1 Å². The van der Waals surface area contributed by atoms with Gasteiger partial charge in [-0.1, -0.05) is 41.9 Å². The molecule has 3 saturated heterocycles. The molecule has 3 fully saturated rings. The second kappa shape index (κ2) is 10.6. The van der Waals surface area contributed by atoms with Crippen LogP contribution in [-0.4, -0.2) is 78.2 Å². The van der Waals surface area contributed by atoms with Crippen molar-refractivity contribution in [1.82, 2.24) is 15.1 Å². The predicted molar refractivity (Wildman–Crippen MR) is 134 cm³/mol. The van der Waals surface area contributed by atoms with Crippen LogP contribution >= 0.6 is 11.6 Å². The van der Waals surface area contributed by atoms with Gasteiger partial charge in [-0.15, -0.1) is 0 Å². The van der Waals surface area contributed by atoms with Crippen LogP contribution in [0.2, 0.25) is 5.02 Å². The largest absolute Gasteiger partial charge is 0.376 e. The van der Waals surface area contributed by atoms with Gasteiger partial charge in [-0.3, -0.25) is 19.3 Å². The van der Waals surface area contributed by atoms with Gasteiger partial charge in [0.2, 0.25) is 5.91 Å². The van der Waals surface area contributed by atoms with Gasteiger partial charge >= 0.3 is 0 Å². The molecule has 2 unspecified atom stereocenters. The molecule has 36 heavy (non-hydrogen) atoms. The van der Waals surface area contributed by atoms with E-state index in [-0.39, 0.29) is 30.4 Å². The molecule has 2 aromatic carbocycles. The molecule has 0 saturated carbocycles. The number of benzene rings is 2. The Labute approximate surface area is 215 Å². The van der Waals surface area contributed by atoms with E-state index in [0.717, 1.165) is 12.8 Å². The summed E-state index contributed by atoms with van der Waals surface area (Å²) in [5, 5.41) is 3.37. The maximum atomic E-state index is 13.7.